The zero-order valence-corrected chi connectivity index (χ0v) is 13.6. The van der Waals surface area contributed by atoms with E-state index in [1.165, 1.54) is 5.56 Å². The van der Waals surface area contributed by atoms with Crippen LogP contribution in [0.1, 0.15) is 25.0 Å². The van der Waals surface area contributed by atoms with Gasteiger partial charge in [0.15, 0.2) is 0 Å². The number of rotatable bonds is 0. The van der Waals surface area contributed by atoms with Gasteiger partial charge in [0.1, 0.15) is 0 Å². The van der Waals surface area contributed by atoms with Crippen molar-refractivity contribution in [1.29, 1.82) is 0 Å². The van der Waals surface area contributed by atoms with Crippen molar-refractivity contribution in [1.82, 2.24) is 0 Å². The molecule has 2 aromatic rings. The number of benzene rings is 2. The summed E-state index contributed by atoms with van der Waals surface area (Å²) in [6.45, 7) is 7.99. The number of halogens is 1. The van der Waals surface area contributed by atoms with E-state index in [-0.39, 0.29) is 0 Å². The van der Waals surface area contributed by atoms with E-state index in [1.54, 1.807) is 6.07 Å². The monoisotopic (exact) mass is 295 g/mol. The summed E-state index contributed by atoms with van der Waals surface area (Å²) in [6.07, 6.45) is 0. The summed E-state index contributed by atoms with van der Waals surface area (Å²) >= 11 is 9.83. The maximum atomic E-state index is 5.64. The van der Waals surface area contributed by atoms with Crippen molar-refractivity contribution < 1.29 is 0 Å². The van der Waals surface area contributed by atoms with Crippen LogP contribution in [0.4, 0.5) is 5.69 Å². The molecule has 104 valence electrons. The average molecular weight is 296 g/mol. The van der Waals surface area contributed by atoms with Crippen LogP contribution in [0.15, 0.2) is 47.4 Å². The van der Waals surface area contributed by atoms with E-state index in [4.69, 9.17) is 17.3 Å². The third kappa shape index (κ3) is 7.14. The molecule has 0 aliphatic heterocycles. The van der Waals surface area contributed by atoms with E-state index < -0.39 is 0 Å². The molecule has 3 heteroatoms. The van der Waals surface area contributed by atoms with E-state index in [0.717, 1.165) is 16.1 Å². The van der Waals surface area contributed by atoms with Gasteiger partial charge in [0.25, 0.3) is 0 Å². The number of anilines is 1. The average Bonchev–Trinajstić information content (AvgIpc) is 2.41. The molecule has 0 atom stereocenters. The molecule has 0 amide bonds. The molecule has 19 heavy (non-hydrogen) atoms. The van der Waals surface area contributed by atoms with Gasteiger partial charge in [0.05, 0.1) is 0 Å². The fourth-order valence-electron chi connectivity index (χ4n) is 1.17. The molecule has 2 aromatic carbocycles. The molecule has 0 heterocycles. The molecule has 0 saturated heterocycles. The Labute approximate surface area is 127 Å². The second-order valence-corrected chi connectivity index (χ2v) is 4.71. The Kier molecular flexibility index (Phi) is 9.19. The van der Waals surface area contributed by atoms with Gasteiger partial charge in [0.2, 0.25) is 0 Å². The minimum absolute atomic E-state index is 0.693. The number of hydrogen-bond acceptors (Lipinski definition) is 2. The highest BCUT2D eigenvalue weighted by molar-refractivity contribution is 7.80. The zero-order chi connectivity index (χ0) is 14.8. The smallest absolute Gasteiger partial charge is 0.0426 e. The molecule has 0 aromatic heterocycles. The third-order valence-electron chi connectivity index (χ3n) is 2.36. The van der Waals surface area contributed by atoms with Crippen molar-refractivity contribution in [2.45, 2.75) is 32.6 Å². The number of nitrogens with two attached hydrogens (primary N) is 1. The predicted octanol–water partition coefficient (Wildman–Crippen LogP) is 5.54. The lowest BCUT2D eigenvalue weighted by Gasteiger charge is -1.97. The fourth-order valence-corrected chi connectivity index (χ4v) is 1.52. The molecule has 0 aliphatic rings. The lowest BCUT2D eigenvalue weighted by Crippen LogP contribution is -1.87. The molecule has 0 fully saturated rings. The van der Waals surface area contributed by atoms with Crippen LogP contribution in [0.3, 0.4) is 0 Å². The van der Waals surface area contributed by atoms with Crippen molar-refractivity contribution in [3.8, 4) is 0 Å². The first-order valence-corrected chi connectivity index (χ1v) is 7.09. The number of nitrogen functional groups attached to an aromatic ring is 1. The van der Waals surface area contributed by atoms with Crippen molar-refractivity contribution in [3.63, 3.8) is 0 Å². The van der Waals surface area contributed by atoms with Gasteiger partial charge >= 0.3 is 0 Å². The normalized spacial score (nSPS) is 8.74. The largest absolute Gasteiger partial charge is 0.398 e. The highest BCUT2D eigenvalue weighted by atomic mass is 35.5. The molecular formula is C16H22ClNS. The summed E-state index contributed by atoms with van der Waals surface area (Å²) in [5.41, 5.74) is 8.59. The maximum Gasteiger partial charge on any atom is 0.0426 e. The highest BCUT2D eigenvalue weighted by Crippen LogP contribution is 2.16. The molecule has 0 radical (unpaired) electrons. The van der Waals surface area contributed by atoms with E-state index >= 15 is 0 Å². The molecule has 0 unspecified atom stereocenters. The first kappa shape index (κ1) is 17.9. The second-order valence-electron chi connectivity index (χ2n) is 3.79. The molecule has 0 spiro atoms. The van der Waals surface area contributed by atoms with Crippen LogP contribution in [-0.2, 0) is 0 Å². The Balaban J connectivity index is 0.000000303. The van der Waals surface area contributed by atoms with Gasteiger partial charge in [-0.25, -0.2) is 0 Å². The van der Waals surface area contributed by atoms with Crippen LogP contribution in [0.5, 0.6) is 0 Å². The molecule has 0 bridgehead atoms. The summed E-state index contributed by atoms with van der Waals surface area (Å²) in [5.74, 6) is 0. The maximum absolute atomic E-state index is 5.64. The van der Waals surface area contributed by atoms with Crippen LogP contribution in [0.25, 0.3) is 0 Å². The lowest BCUT2D eigenvalue weighted by atomic mass is 10.2. The van der Waals surface area contributed by atoms with Crippen LogP contribution >= 0.6 is 24.2 Å². The van der Waals surface area contributed by atoms with E-state index in [1.807, 2.05) is 64.1 Å². The topological polar surface area (TPSA) is 26.0 Å². The number of aryl methyl sites for hydroxylation is 2. The molecular weight excluding hydrogens is 274 g/mol. The summed E-state index contributed by atoms with van der Waals surface area (Å²) < 4.78 is 0. The molecule has 2 N–H and O–H groups in total. The number of hydrogen-bond donors (Lipinski definition) is 2. The number of thiol groups is 1. The van der Waals surface area contributed by atoms with Gasteiger partial charge in [-0.2, -0.15) is 0 Å². The second kappa shape index (κ2) is 9.76. The van der Waals surface area contributed by atoms with Crippen molar-refractivity contribution in [3.05, 3.63) is 58.6 Å². The van der Waals surface area contributed by atoms with E-state index in [2.05, 4.69) is 12.6 Å². The summed E-state index contributed by atoms with van der Waals surface area (Å²) in [7, 11) is 0. The van der Waals surface area contributed by atoms with Crippen molar-refractivity contribution in [2.75, 3.05) is 5.73 Å². The van der Waals surface area contributed by atoms with E-state index in [0.29, 0.717) is 5.02 Å². The summed E-state index contributed by atoms with van der Waals surface area (Å²) in [4.78, 5) is 1.06. The zero-order valence-electron chi connectivity index (χ0n) is 11.9. The van der Waals surface area contributed by atoms with Crippen LogP contribution in [0, 0.1) is 13.8 Å². The van der Waals surface area contributed by atoms with Gasteiger partial charge in [-0.3, -0.25) is 0 Å². The quantitative estimate of drug-likeness (QED) is 0.484. The van der Waals surface area contributed by atoms with Crippen molar-refractivity contribution in [2.24, 2.45) is 0 Å². The first-order chi connectivity index (χ1) is 9.00. The summed E-state index contributed by atoms with van der Waals surface area (Å²) in [5, 5.41) is 0.693. The molecule has 0 saturated carbocycles. The van der Waals surface area contributed by atoms with Gasteiger partial charge < -0.3 is 5.73 Å². The highest BCUT2D eigenvalue weighted by Gasteiger charge is 1.91. The standard InChI is InChI=1S/C7H8ClN.C7H8S.C2H6/c1-5-2-3-6(8)4-7(5)9;1-6-4-2-3-5-7(6)8;1-2/h2-4H,9H2,1H3;2-5,8H,1H3;1-2H3. The molecule has 0 aliphatic carbocycles. The van der Waals surface area contributed by atoms with Gasteiger partial charge in [-0.05, 0) is 43.2 Å². The Morgan fingerprint density at radius 2 is 1.53 bits per heavy atom. The molecule has 2 rings (SSSR count). The molecule has 1 nitrogen and oxygen atoms in total. The Bertz CT molecular complexity index is 477. The summed E-state index contributed by atoms with van der Waals surface area (Å²) in [6, 6.07) is 13.5. The Morgan fingerprint density at radius 3 is 1.89 bits per heavy atom. The fraction of sp³-hybridized carbons (Fsp3) is 0.250. The third-order valence-corrected chi connectivity index (χ3v) is 3.09. The van der Waals surface area contributed by atoms with Crippen molar-refractivity contribution >= 4 is 29.9 Å². The lowest BCUT2D eigenvalue weighted by molar-refractivity contribution is 1.31. The van der Waals surface area contributed by atoms with Gasteiger partial charge in [-0.1, -0.05) is 49.7 Å². The minimum Gasteiger partial charge on any atom is -0.398 e. The van der Waals surface area contributed by atoms with Gasteiger partial charge in [0, 0.05) is 15.6 Å². The van der Waals surface area contributed by atoms with Crippen LogP contribution < -0.4 is 5.73 Å². The first-order valence-electron chi connectivity index (χ1n) is 6.27. The van der Waals surface area contributed by atoms with Crippen LogP contribution in [-0.4, -0.2) is 0 Å². The Morgan fingerprint density at radius 1 is 0.947 bits per heavy atom. The minimum atomic E-state index is 0.693. The van der Waals surface area contributed by atoms with Crippen LogP contribution in [0.2, 0.25) is 5.02 Å². The Hall–Kier alpha value is -1.12. The van der Waals surface area contributed by atoms with E-state index in [9.17, 15) is 0 Å². The van der Waals surface area contributed by atoms with Gasteiger partial charge in [-0.15, -0.1) is 12.6 Å². The SMILES string of the molecule is CC.Cc1ccc(Cl)cc1N.Cc1ccccc1S. The predicted molar refractivity (Wildman–Crippen MR) is 90.4 cm³/mol.